The number of imidazole rings is 1. The molecule has 3 N–H and O–H groups in total. The topological polar surface area (TPSA) is 80.5 Å². The van der Waals surface area contributed by atoms with Gasteiger partial charge in [0.2, 0.25) is 0 Å². The van der Waals surface area contributed by atoms with Gasteiger partial charge in [-0.25, -0.2) is 19.3 Å². The summed E-state index contributed by atoms with van der Waals surface area (Å²) >= 11 is 0. The fraction of sp³-hybridized carbons (Fsp3) is 0. The Labute approximate surface area is 95.5 Å². The highest BCUT2D eigenvalue weighted by Gasteiger charge is 2.09. The zero-order valence-corrected chi connectivity index (χ0v) is 8.68. The Kier molecular flexibility index (Phi) is 2.01. The number of nitrogens with zero attached hydrogens (tertiary/aromatic N) is 3. The predicted octanol–water partition coefficient (Wildman–Crippen LogP) is 1.74. The number of hydrogen-bond donors (Lipinski definition) is 2. The SMILES string of the molecule is Nc1ncccc1-c1nc2ncc(F)cc2[nH]1. The Morgan fingerprint density at radius 3 is 3.00 bits per heavy atom. The van der Waals surface area contributed by atoms with Crippen LogP contribution in [0.4, 0.5) is 10.2 Å². The van der Waals surface area contributed by atoms with Crippen LogP contribution in [0.3, 0.4) is 0 Å². The Morgan fingerprint density at radius 1 is 1.29 bits per heavy atom. The molecule has 0 spiro atoms. The van der Waals surface area contributed by atoms with Gasteiger partial charge in [-0.2, -0.15) is 0 Å². The highest BCUT2D eigenvalue weighted by Crippen LogP contribution is 2.23. The Hall–Kier alpha value is -2.50. The Morgan fingerprint density at radius 2 is 2.18 bits per heavy atom. The van der Waals surface area contributed by atoms with Crippen LogP contribution in [-0.2, 0) is 0 Å². The molecule has 0 aliphatic heterocycles. The first-order valence-electron chi connectivity index (χ1n) is 4.96. The van der Waals surface area contributed by atoms with Gasteiger partial charge in [-0.1, -0.05) is 0 Å². The van der Waals surface area contributed by atoms with E-state index < -0.39 is 5.82 Å². The second kappa shape index (κ2) is 3.51. The van der Waals surface area contributed by atoms with Crippen molar-refractivity contribution in [3.8, 4) is 11.4 Å². The first-order valence-corrected chi connectivity index (χ1v) is 4.96. The van der Waals surface area contributed by atoms with Crippen molar-refractivity contribution in [3.63, 3.8) is 0 Å². The minimum Gasteiger partial charge on any atom is -0.383 e. The quantitative estimate of drug-likeness (QED) is 0.666. The average Bonchev–Trinajstić information content (AvgIpc) is 2.72. The molecule has 3 aromatic heterocycles. The molecule has 0 aromatic carbocycles. The minimum atomic E-state index is -0.410. The lowest BCUT2D eigenvalue weighted by Gasteiger charge is -1.98. The second-order valence-electron chi connectivity index (χ2n) is 3.55. The normalized spacial score (nSPS) is 10.9. The Balaban J connectivity index is 2.22. The molecule has 0 saturated heterocycles. The van der Waals surface area contributed by atoms with E-state index in [4.69, 9.17) is 5.73 Å². The van der Waals surface area contributed by atoms with E-state index in [1.54, 1.807) is 18.3 Å². The standard InChI is InChI=1S/C11H8FN5/c12-6-4-8-11(15-5-6)17-10(16-8)7-2-1-3-14-9(7)13/h1-5H,(H2,13,14)(H,15,16,17). The number of H-pyrrole nitrogens is 1. The van der Waals surface area contributed by atoms with Gasteiger partial charge in [-0.15, -0.1) is 0 Å². The van der Waals surface area contributed by atoms with E-state index in [1.165, 1.54) is 6.07 Å². The molecule has 0 fully saturated rings. The second-order valence-corrected chi connectivity index (χ2v) is 3.55. The van der Waals surface area contributed by atoms with Crippen molar-refractivity contribution in [3.05, 3.63) is 36.4 Å². The van der Waals surface area contributed by atoms with Crippen LogP contribution in [0.25, 0.3) is 22.6 Å². The van der Waals surface area contributed by atoms with Gasteiger partial charge in [0, 0.05) is 12.3 Å². The fourth-order valence-corrected chi connectivity index (χ4v) is 1.62. The summed E-state index contributed by atoms with van der Waals surface area (Å²) in [4.78, 5) is 15.0. The molecule has 3 heterocycles. The summed E-state index contributed by atoms with van der Waals surface area (Å²) in [7, 11) is 0. The first-order chi connectivity index (χ1) is 8.24. The summed E-state index contributed by atoms with van der Waals surface area (Å²) in [6, 6.07) is 4.88. The molecule has 0 saturated carbocycles. The third-order valence-corrected chi connectivity index (χ3v) is 2.40. The van der Waals surface area contributed by atoms with Gasteiger partial charge in [0.05, 0.1) is 17.3 Å². The van der Waals surface area contributed by atoms with E-state index in [1.807, 2.05) is 0 Å². The molecule has 0 aliphatic carbocycles. The van der Waals surface area contributed by atoms with Crippen molar-refractivity contribution in [2.45, 2.75) is 0 Å². The molecular weight excluding hydrogens is 221 g/mol. The molecule has 5 nitrogen and oxygen atoms in total. The van der Waals surface area contributed by atoms with Gasteiger partial charge in [-0.05, 0) is 12.1 Å². The van der Waals surface area contributed by atoms with Gasteiger partial charge >= 0.3 is 0 Å². The molecule has 17 heavy (non-hydrogen) atoms. The molecule has 3 rings (SSSR count). The van der Waals surface area contributed by atoms with Crippen LogP contribution in [0.1, 0.15) is 0 Å². The van der Waals surface area contributed by atoms with Crippen LogP contribution in [0, 0.1) is 5.82 Å². The third kappa shape index (κ3) is 1.59. The summed E-state index contributed by atoms with van der Waals surface area (Å²) in [5.74, 6) is 0.489. The average molecular weight is 229 g/mol. The van der Waals surface area contributed by atoms with Gasteiger partial charge < -0.3 is 10.7 Å². The molecule has 0 amide bonds. The number of nitrogens with two attached hydrogens (primary N) is 1. The lowest BCUT2D eigenvalue weighted by atomic mass is 10.2. The van der Waals surface area contributed by atoms with Crippen molar-refractivity contribution in [1.29, 1.82) is 0 Å². The third-order valence-electron chi connectivity index (χ3n) is 2.40. The van der Waals surface area contributed by atoms with E-state index in [2.05, 4.69) is 19.9 Å². The molecule has 0 radical (unpaired) electrons. The van der Waals surface area contributed by atoms with E-state index in [-0.39, 0.29) is 0 Å². The molecule has 0 unspecified atom stereocenters. The number of halogens is 1. The maximum Gasteiger partial charge on any atom is 0.178 e. The predicted molar refractivity (Wildman–Crippen MR) is 61.5 cm³/mol. The van der Waals surface area contributed by atoms with Crippen LogP contribution in [-0.4, -0.2) is 19.9 Å². The smallest absolute Gasteiger partial charge is 0.178 e. The summed E-state index contributed by atoms with van der Waals surface area (Å²) in [6.45, 7) is 0. The summed E-state index contributed by atoms with van der Waals surface area (Å²) in [6.07, 6.45) is 2.72. The molecule has 84 valence electrons. The number of aromatic nitrogens is 4. The van der Waals surface area contributed by atoms with Crippen molar-refractivity contribution in [2.75, 3.05) is 5.73 Å². The van der Waals surface area contributed by atoms with Crippen molar-refractivity contribution in [2.24, 2.45) is 0 Å². The summed E-state index contributed by atoms with van der Waals surface area (Å²) in [5, 5.41) is 0. The monoisotopic (exact) mass is 229 g/mol. The maximum atomic E-state index is 13.0. The molecule has 3 aromatic rings. The van der Waals surface area contributed by atoms with E-state index in [0.29, 0.717) is 28.4 Å². The van der Waals surface area contributed by atoms with Gasteiger partial charge in [-0.3, -0.25) is 0 Å². The van der Waals surface area contributed by atoms with E-state index in [9.17, 15) is 4.39 Å². The zero-order chi connectivity index (χ0) is 11.8. The van der Waals surface area contributed by atoms with Crippen LogP contribution in [0.5, 0.6) is 0 Å². The van der Waals surface area contributed by atoms with Crippen LogP contribution in [0.15, 0.2) is 30.6 Å². The van der Waals surface area contributed by atoms with Crippen LogP contribution < -0.4 is 5.73 Å². The number of rotatable bonds is 1. The highest BCUT2D eigenvalue weighted by atomic mass is 19.1. The lowest BCUT2D eigenvalue weighted by molar-refractivity contribution is 0.624. The van der Waals surface area contributed by atoms with Gasteiger partial charge in [0.15, 0.2) is 5.65 Å². The maximum absolute atomic E-state index is 13.0. The molecule has 0 bridgehead atoms. The largest absolute Gasteiger partial charge is 0.383 e. The summed E-state index contributed by atoms with van der Waals surface area (Å²) in [5.41, 5.74) is 7.39. The molecular formula is C11H8FN5. The molecule has 0 atom stereocenters. The minimum absolute atomic E-state index is 0.368. The number of hydrogen-bond acceptors (Lipinski definition) is 4. The van der Waals surface area contributed by atoms with Crippen LogP contribution in [0.2, 0.25) is 0 Å². The Bertz CT molecular complexity index is 691. The van der Waals surface area contributed by atoms with Crippen LogP contribution >= 0.6 is 0 Å². The number of nitrogens with one attached hydrogen (secondary N) is 1. The number of aromatic amines is 1. The number of anilines is 1. The lowest BCUT2D eigenvalue weighted by Crippen LogP contribution is -1.93. The van der Waals surface area contributed by atoms with Gasteiger partial charge in [0.25, 0.3) is 0 Å². The fourth-order valence-electron chi connectivity index (χ4n) is 1.62. The van der Waals surface area contributed by atoms with Crippen molar-refractivity contribution >= 4 is 17.0 Å². The first kappa shape index (κ1) is 9.71. The zero-order valence-electron chi connectivity index (χ0n) is 8.68. The number of pyridine rings is 2. The number of fused-ring (bicyclic) bond motifs is 1. The molecule has 6 heteroatoms. The van der Waals surface area contributed by atoms with Crippen molar-refractivity contribution < 1.29 is 4.39 Å². The van der Waals surface area contributed by atoms with Gasteiger partial charge in [0.1, 0.15) is 17.5 Å². The highest BCUT2D eigenvalue weighted by molar-refractivity contribution is 5.78. The van der Waals surface area contributed by atoms with Crippen molar-refractivity contribution in [1.82, 2.24) is 19.9 Å². The van der Waals surface area contributed by atoms with E-state index >= 15 is 0 Å². The number of nitrogen functional groups attached to an aromatic ring is 1. The van der Waals surface area contributed by atoms with E-state index in [0.717, 1.165) is 6.20 Å². The molecule has 0 aliphatic rings. The summed E-state index contributed by atoms with van der Waals surface area (Å²) < 4.78 is 13.0.